The molecule has 14 heavy (non-hydrogen) atoms. The summed E-state index contributed by atoms with van der Waals surface area (Å²) >= 11 is 0. The third-order valence-corrected chi connectivity index (χ3v) is 3.75. The van der Waals surface area contributed by atoms with Crippen LogP contribution in [0.4, 0.5) is 0 Å². The third kappa shape index (κ3) is 2.09. The molecule has 0 amide bonds. The molecule has 0 aromatic heterocycles. The molecule has 0 aromatic rings. The Balaban J connectivity index is 2.58. The molecule has 0 spiro atoms. The van der Waals surface area contributed by atoms with Gasteiger partial charge in [-0.05, 0) is 37.5 Å². The number of rotatable bonds is 4. The zero-order valence-corrected chi connectivity index (χ0v) is 9.59. The molecule has 0 aliphatic heterocycles. The monoisotopic (exact) mass is 194 g/mol. The first-order chi connectivity index (χ1) is 6.50. The average molecular weight is 194 g/mol. The third-order valence-electron chi connectivity index (χ3n) is 3.75. The molecule has 0 saturated carbocycles. The summed E-state index contributed by atoms with van der Waals surface area (Å²) in [7, 11) is 0. The van der Waals surface area contributed by atoms with Crippen molar-refractivity contribution in [1.82, 2.24) is 0 Å². The Morgan fingerprint density at radius 1 is 1.71 bits per heavy atom. The van der Waals surface area contributed by atoms with Crippen LogP contribution in [-0.4, -0.2) is 11.2 Å². The van der Waals surface area contributed by atoms with E-state index in [9.17, 15) is 5.11 Å². The van der Waals surface area contributed by atoms with Crippen LogP contribution in [0.25, 0.3) is 0 Å². The lowest BCUT2D eigenvalue weighted by molar-refractivity contribution is 0.0550. The molecule has 1 nitrogen and oxygen atoms in total. The SMILES string of the molecule is C=CCCC(O)C1CC=C(C)C1(C)C. The molecule has 1 heteroatoms. The van der Waals surface area contributed by atoms with Gasteiger partial charge < -0.3 is 5.11 Å². The molecule has 0 heterocycles. The molecule has 1 aliphatic carbocycles. The largest absolute Gasteiger partial charge is 0.393 e. The molecule has 0 aromatic carbocycles. The fraction of sp³-hybridized carbons (Fsp3) is 0.692. The lowest BCUT2D eigenvalue weighted by Gasteiger charge is -2.33. The van der Waals surface area contributed by atoms with E-state index >= 15 is 0 Å². The van der Waals surface area contributed by atoms with Crippen LogP contribution >= 0.6 is 0 Å². The van der Waals surface area contributed by atoms with Gasteiger partial charge in [-0.1, -0.05) is 31.6 Å². The first-order valence-electron chi connectivity index (χ1n) is 5.46. The van der Waals surface area contributed by atoms with Gasteiger partial charge in [-0.15, -0.1) is 6.58 Å². The normalized spacial score (nSPS) is 27.1. The molecule has 0 radical (unpaired) electrons. The Bertz CT molecular complexity index is 238. The molecule has 0 bridgehead atoms. The molecule has 0 fully saturated rings. The van der Waals surface area contributed by atoms with E-state index < -0.39 is 0 Å². The number of aliphatic hydroxyl groups excluding tert-OH is 1. The van der Waals surface area contributed by atoms with Crippen LogP contribution in [-0.2, 0) is 0 Å². The van der Waals surface area contributed by atoms with Crippen LogP contribution in [0.2, 0.25) is 0 Å². The van der Waals surface area contributed by atoms with E-state index in [0.29, 0.717) is 5.92 Å². The summed E-state index contributed by atoms with van der Waals surface area (Å²) < 4.78 is 0. The van der Waals surface area contributed by atoms with Crippen molar-refractivity contribution in [2.75, 3.05) is 0 Å². The molecule has 2 unspecified atom stereocenters. The van der Waals surface area contributed by atoms with E-state index in [1.165, 1.54) is 5.57 Å². The van der Waals surface area contributed by atoms with Gasteiger partial charge in [-0.3, -0.25) is 0 Å². The molecule has 80 valence electrons. The van der Waals surface area contributed by atoms with Crippen LogP contribution in [0.3, 0.4) is 0 Å². The highest BCUT2D eigenvalue weighted by atomic mass is 16.3. The average Bonchev–Trinajstić information content (AvgIpc) is 2.38. The van der Waals surface area contributed by atoms with E-state index in [1.807, 2.05) is 6.08 Å². The van der Waals surface area contributed by atoms with Gasteiger partial charge in [0.15, 0.2) is 0 Å². The maximum absolute atomic E-state index is 10.1. The van der Waals surface area contributed by atoms with Crippen molar-refractivity contribution in [1.29, 1.82) is 0 Å². The smallest absolute Gasteiger partial charge is 0.0582 e. The summed E-state index contributed by atoms with van der Waals surface area (Å²) in [4.78, 5) is 0. The van der Waals surface area contributed by atoms with Gasteiger partial charge in [0.05, 0.1) is 6.10 Å². The number of aliphatic hydroxyl groups is 1. The van der Waals surface area contributed by atoms with Gasteiger partial charge in [-0.25, -0.2) is 0 Å². The maximum atomic E-state index is 10.1. The van der Waals surface area contributed by atoms with Crippen molar-refractivity contribution in [2.45, 2.75) is 46.1 Å². The van der Waals surface area contributed by atoms with Crippen LogP contribution in [0.1, 0.15) is 40.0 Å². The Morgan fingerprint density at radius 2 is 2.36 bits per heavy atom. The van der Waals surface area contributed by atoms with Crippen molar-refractivity contribution >= 4 is 0 Å². The van der Waals surface area contributed by atoms with E-state index in [-0.39, 0.29) is 11.5 Å². The highest BCUT2D eigenvalue weighted by Gasteiger charge is 2.38. The first-order valence-corrected chi connectivity index (χ1v) is 5.46. The zero-order valence-electron chi connectivity index (χ0n) is 9.59. The van der Waals surface area contributed by atoms with Gasteiger partial charge in [0.1, 0.15) is 0 Å². The summed E-state index contributed by atoms with van der Waals surface area (Å²) in [6.07, 6.45) is 6.74. The van der Waals surface area contributed by atoms with Gasteiger partial charge in [0, 0.05) is 0 Å². The van der Waals surface area contributed by atoms with Crippen LogP contribution in [0.5, 0.6) is 0 Å². The number of allylic oxidation sites excluding steroid dienone is 3. The summed E-state index contributed by atoms with van der Waals surface area (Å²) in [5.74, 6) is 0.391. The molecule has 0 saturated heterocycles. The minimum Gasteiger partial charge on any atom is -0.393 e. The van der Waals surface area contributed by atoms with Gasteiger partial charge in [0.25, 0.3) is 0 Å². The highest BCUT2D eigenvalue weighted by molar-refractivity contribution is 5.19. The van der Waals surface area contributed by atoms with E-state index in [4.69, 9.17) is 0 Å². The molecule has 1 aliphatic rings. The Morgan fingerprint density at radius 3 is 2.79 bits per heavy atom. The second-order valence-corrected chi connectivity index (χ2v) is 4.88. The second-order valence-electron chi connectivity index (χ2n) is 4.88. The fourth-order valence-corrected chi connectivity index (χ4v) is 2.28. The van der Waals surface area contributed by atoms with Crippen molar-refractivity contribution in [3.05, 3.63) is 24.3 Å². The summed E-state index contributed by atoms with van der Waals surface area (Å²) in [5, 5.41) is 10.1. The predicted molar refractivity (Wildman–Crippen MR) is 61.1 cm³/mol. The Labute approximate surface area is 87.5 Å². The van der Waals surface area contributed by atoms with Crippen molar-refractivity contribution in [3.8, 4) is 0 Å². The molecule has 2 atom stereocenters. The Hall–Kier alpha value is -0.560. The summed E-state index contributed by atoms with van der Waals surface area (Å²) in [6.45, 7) is 10.3. The quantitative estimate of drug-likeness (QED) is 0.681. The number of hydrogen-bond donors (Lipinski definition) is 1. The standard InChI is InChI=1S/C13H22O/c1-5-6-7-12(14)11-9-8-10(2)13(11,3)4/h5,8,11-12,14H,1,6-7,9H2,2-4H3. The topological polar surface area (TPSA) is 20.2 Å². The first kappa shape index (κ1) is 11.5. The molecular weight excluding hydrogens is 172 g/mol. The van der Waals surface area contributed by atoms with Gasteiger partial charge in [-0.2, -0.15) is 0 Å². The van der Waals surface area contributed by atoms with Crippen LogP contribution in [0.15, 0.2) is 24.3 Å². The summed E-state index contributed by atoms with van der Waals surface area (Å²) in [5.41, 5.74) is 1.58. The van der Waals surface area contributed by atoms with Gasteiger partial charge >= 0.3 is 0 Å². The molecule has 1 N–H and O–H groups in total. The minimum absolute atomic E-state index is 0.167. The van der Waals surface area contributed by atoms with Crippen LogP contribution < -0.4 is 0 Å². The van der Waals surface area contributed by atoms with E-state index in [2.05, 4.69) is 33.4 Å². The second kappa shape index (κ2) is 4.31. The number of hydrogen-bond acceptors (Lipinski definition) is 1. The zero-order chi connectivity index (χ0) is 10.8. The fourth-order valence-electron chi connectivity index (χ4n) is 2.28. The molecule has 1 rings (SSSR count). The Kier molecular flexibility index (Phi) is 3.54. The lowest BCUT2D eigenvalue weighted by atomic mass is 9.74. The maximum Gasteiger partial charge on any atom is 0.0582 e. The van der Waals surface area contributed by atoms with Gasteiger partial charge in [0.2, 0.25) is 0 Å². The highest BCUT2D eigenvalue weighted by Crippen LogP contribution is 2.45. The van der Waals surface area contributed by atoms with Crippen molar-refractivity contribution < 1.29 is 5.11 Å². The van der Waals surface area contributed by atoms with Crippen LogP contribution in [0, 0.1) is 11.3 Å². The lowest BCUT2D eigenvalue weighted by Crippen LogP contribution is -2.31. The van der Waals surface area contributed by atoms with E-state index in [1.54, 1.807) is 0 Å². The summed E-state index contributed by atoms with van der Waals surface area (Å²) in [6, 6.07) is 0. The van der Waals surface area contributed by atoms with Crippen molar-refractivity contribution in [2.24, 2.45) is 11.3 Å². The van der Waals surface area contributed by atoms with E-state index in [0.717, 1.165) is 19.3 Å². The molecular formula is C13H22O. The minimum atomic E-state index is -0.184. The predicted octanol–water partition coefficient (Wildman–Crippen LogP) is 3.31. The van der Waals surface area contributed by atoms with Crippen molar-refractivity contribution in [3.63, 3.8) is 0 Å².